The highest BCUT2D eigenvalue weighted by Crippen LogP contribution is 2.09. The van der Waals surface area contributed by atoms with Gasteiger partial charge in [-0.05, 0) is 38.1 Å². The van der Waals surface area contributed by atoms with Crippen molar-refractivity contribution in [2.45, 2.75) is 25.8 Å². The van der Waals surface area contributed by atoms with Gasteiger partial charge >= 0.3 is 0 Å². The van der Waals surface area contributed by atoms with E-state index in [1.807, 2.05) is 12.1 Å². The maximum atomic E-state index is 12.2. The number of anilines is 1. The summed E-state index contributed by atoms with van der Waals surface area (Å²) in [5.74, 6) is 0.131. The number of nitrogen functional groups attached to an aromatic ring is 1. The first-order valence-corrected chi connectivity index (χ1v) is 8.23. The summed E-state index contributed by atoms with van der Waals surface area (Å²) in [5.41, 5.74) is 7.81. The van der Waals surface area contributed by atoms with Gasteiger partial charge < -0.3 is 16.0 Å². The third kappa shape index (κ3) is 4.26. The Hall–Kier alpha value is -2.54. The molecule has 0 aliphatic carbocycles. The molecule has 0 radical (unpaired) electrons. The van der Waals surface area contributed by atoms with Crippen molar-refractivity contribution in [3.8, 4) is 0 Å². The lowest BCUT2D eigenvalue weighted by atomic mass is 10.2. The van der Waals surface area contributed by atoms with Crippen LogP contribution in [0.4, 0.5) is 5.82 Å². The van der Waals surface area contributed by atoms with Crippen LogP contribution in [0.1, 0.15) is 34.6 Å². The fourth-order valence-corrected chi connectivity index (χ4v) is 2.77. The Labute approximate surface area is 141 Å². The monoisotopic (exact) mass is 326 g/mol. The third-order valence-electron chi connectivity index (χ3n) is 4.19. The van der Waals surface area contributed by atoms with E-state index in [1.165, 1.54) is 32.1 Å². The van der Waals surface area contributed by atoms with Gasteiger partial charge in [0.2, 0.25) is 0 Å². The summed E-state index contributed by atoms with van der Waals surface area (Å²) < 4.78 is 0. The summed E-state index contributed by atoms with van der Waals surface area (Å²) in [6.45, 7) is 3.65. The van der Waals surface area contributed by atoms with Crippen LogP contribution in [0.2, 0.25) is 0 Å². The van der Waals surface area contributed by atoms with Gasteiger partial charge in [0.25, 0.3) is 5.91 Å². The molecule has 126 valence electrons. The topological polar surface area (TPSA) is 97.0 Å². The van der Waals surface area contributed by atoms with E-state index in [9.17, 15) is 4.79 Å². The van der Waals surface area contributed by atoms with Gasteiger partial charge in [-0.3, -0.25) is 14.8 Å². The maximum absolute atomic E-state index is 12.2. The van der Waals surface area contributed by atoms with Crippen LogP contribution in [0.15, 0.2) is 30.7 Å². The number of carbonyl (C=O) groups is 1. The van der Waals surface area contributed by atoms with Crippen LogP contribution < -0.4 is 11.1 Å². The Kier molecular flexibility index (Phi) is 5.32. The summed E-state index contributed by atoms with van der Waals surface area (Å²) in [5, 5.41) is 2.78. The first-order chi connectivity index (χ1) is 11.7. The predicted octanol–water partition coefficient (Wildman–Crippen LogP) is 1.02. The molecule has 0 aromatic carbocycles. The summed E-state index contributed by atoms with van der Waals surface area (Å²) in [7, 11) is 0. The molecule has 3 N–H and O–H groups in total. The lowest BCUT2D eigenvalue weighted by Gasteiger charge is -2.13. The van der Waals surface area contributed by atoms with Crippen LogP contribution in [0.25, 0.3) is 0 Å². The zero-order chi connectivity index (χ0) is 16.8. The van der Waals surface area contributed by atoms with E-state index < -0.39 is 0 Å². The number of hydrogen-bond donors (Lipinski definition) is 2. The molecule has 2 aromatic heterocycles. The lowest BCUT2D eigenvalue weighted by molar-refractivity contribution is 0.0950. The molecule has 7 heteroatoms. The highest BCUT2D eigenvalue weighted by Gasteiger charge is 2.12. The molecule has 0 atom stereocenters. The lowest BCUT2D eigenvalue weighted by Crippen LogP contribution is -2.24. The van der Waals surface area contributed by atoms with Gasteiger partial charge in [-0.1, -0.05) is 0 Å². The van der Waals surface area contributed by atoms with Crippen molar-refractivity contribution in [1.29, 1.82) is 0 Å². The Balaban J connectivity index is 1.50. The number of hydrogen-bond acceptors (Lipinski definition) is 6. The Morgan fingerprint density at radius 2 is 1.96 bits per heavy atom. The van der Waals surface area contributed by atoms with E-state index in [1.54, 1.807) is 12.4 Å². The van der Waals surface area contributed by atoms with Crippen molar-refractivity contribution in [3.05, 3.63) is 47.7 Å². The van der Waals surface area contributed by atoms with Crippen LogP contribution in [-0.2, 0) is 13.0 Å². The quantitative estimate of drug-likeness (QED) is 0.823. The fourth-order valence-electron chi connectivity index (χ4n) is 2.77. The van der Waals surface area contributed by atoms with Crippen molar-refractivity contribution in [1.82, 2.24) is 25.2 Å². The molecule has 1 aliphatic heterocycles. The summed E-state index contributed by atoms with van der Waals surface area (Å²) in [4.78, 5) is 27.0. The third-order valence-corrected chi connectivity index (χ3v) is 4.19. The van der Waals surface area contributed by atoms with Gasteiger partial charge in [0.15, 0.2) is 0 Å². The van der Waals surface area contributed by atoms with Gasteiger partial charge in [0.1, 0.15) is 11.5 Å². The molecule has 2 aromatic rings. The van der Waals surface area contributed by atoms with Crippen molar-refractivity contribution in [3.63, 3.8) is 0 Å². The van der Waals surface area contributed by atoms with Crippen molar-refractivity contribution in [2.75, 3.05) is 25.4 Å². The zero-order valence-electron chi connectivity index (χ0n) is 13.6. The zero-order valence-corrected chi connectivity index (χ0v) is 13.6. The van der Waals surface area contributed by atoms with Gasteiger partial charge in [-0.15, -0.1) is 0 Å². The Morgan fingerprint density at radius 3 is 2.67 bits per heavy atom. The Bertz CT molecular complexity index is 682. The molecule has 0 spiro atoms. The first kappa shape index (κ1) is 16.3. The molecule has 0 saturated carbocycles. The van der Waals surface area contributed by atoms with Crippen LogP contribution in [0.3, 0.4) is 0 Å². The van der Waals surface area contributed by atoms with E-state index in [2.05, 4.69) is 25.2 Å². The second-order valence-corrected chi connectivity index (χ2v) is 5.91. The molecule has 1 amide bonds. The fraction of sp³-hybridized carbons (Fsp3) is 0.412. The summed E-state index contributed by atoms with van der Waals surface area (Å²) >= 11 is 0. The molecule has 3 rings (SSSR count). The van der Waals surface area contributed by atoms with Crippen LogP contribution in [-0.4, -0.2) is 45.4 Å². The minimum absolute atomic E-state index is 0.196. The average molecular weight is 326 g/mol. The van der Waals surface area contributed by atoms with Crippen LogP contribution in [0, 0.1) is 0 Å². The summed E-state index contributed by atoms with van der Waals surface area (Å²) in [6, 6.07) is 3.73. The highest BCUT2D eigenvalue weighted by molar-refractivity contribution is 5.93. The number of rotatable bonds is 6. The van der Waals surface area contributed by atoms with Gasteiger partial charge in [-0.2, -0.15) is 0 Å². The molecule has 0 unspecified atom stereocenters. The highest BCUT2D eigenvalue weighted by atomic mass is 16.1. The number of amides is 1. The van der Waals surface area contributed by atoms with Crippen LogP contribution >= 0.6 is 0 Å². The van der Waals surface area contributed by atoms with Crippen molar-refractivity contribution >= 4 is 11.7 Å². The van der Waals surface area contributed by atoms with E-state index in [-0.39, 0.29) is 12.5 Å². The van der Waals surface area contributed by atoms with E-state index in [0.29, 0.717) is 17.1 Å². The van der Waals surface area contributed by atoms with E-state index >= 15 is 0 Å². The maximum Gasteiger partial charge on any atom is 0.253 e. The Morgan fingerprint density at radius 1 is 1.17 bits per heavy atom. The number of aromatic nitrogens is 3. The minimum Gasteiger partial charge on any atom is -0.382 e. The first-order valence-electron chi connectivity index (χ1n) is 8.23. The normalized spacial score (nSPS) is 14.7. The molecule has 3 heterocycles. The average Bonchev–Trinajstić information content (AvgIpc) is 3.13. The largest absolute Gasteiger partial charge is 0.382 e. The number of nitrogens with two attached hydrogens (primary N) is 1. The molecule has 24 heavy (non-hydrogen) atoms. The minimum atomic E-state index is -0.196. The molecule has 1 aliphatic rings. The van der Waals surface area contributed by atoms with Crippen LogP contribution in [0.5, 0.6) is 0 Å². The second-order valence-electron chi connectivity index (χ2n) is 5.91. The van der Waals surface area contributed by atoms with Gasteiger partial charge in [0.05, 0.1) is 12.1 Å². The molecular formula is C17H22N6O. The van der Waals surface area contributed by atoms with Gasteiger partial charge in [-0.25, -0.2) is 4.98 Å². The molecule has 7 nitrogen and oxygen atoms in total. The van der Waals surface area contributed by atoms with Crippen molar-refractivity contribution in [2.24, 2.45) is 0 Å². The van der Waals surface area contributed by atoms with E-state index in [4.69, 9.17) is 5.73 Å². The number of carbonyl (C=O) groups excluding carboxylic acids is 1. The molecule has 0 bridgehead atoms. The molecule has 1 saturated heterocycles. The number of pyridine rings is 1. The second kappa shape index (κ2) is 7.83. The van der Waals surface area contributed by atoms with E-state index in [0.717, 1.165) is 18.7 Å². The summed E-state index contributed by atoms with van der Waals surface area (Å²) in [6.07, 6.45) is 8.19. The molecule has 1 fully saturated rings. The SMILES string of the molecule is Nc1nccnc1CNC(=O)c1ccc(CCN2CCCC2)nc1. The molecular weight excluding hydrogens is 304 g/mol. The smallest absolute Gasteiger partial charge is 0.253 e. The number of likely N-dealkylation sites (tertiary alicyclic amines) is 1. The standard InChI is InChI=1S/C17H22N6O/c18-16-15(19-6-7-20-16)12-22-17(24)13-3-4-14(21-11-13)5-10-23-8-1-2-9-23/h3-4,6-7,11H,1-2,5,8-10,12H2,(H2,18,20)(H,22,24). The van der Waals surface area contributed by atoms with Crippen molar-refractivity contribution < 1.29 is 4.79 Å². The number of nitrogens with zero attached hydrogens (tertiary/aromatic N) is 4. The predicted molar refractivity (Wildman–Crippen MR) is 91.2 cm³/mol. The van der Waals surface area contributed by atoms with Gasteiger partial charge in [0, 0.05) is 37.3 Å². The number of nitrogens with one attached hydrogen (secondary N) is 1.